The van der Waals surface area contributed by atoms with E-state index in [0.717, 1.165) is 41.3 Å². The van der Waals surface area contributed by atoms with Gasteiger partial charge in [-0.2, -0.15) is 0 Å². The maximum Gasteiger partial charge on any atom is 0.256 e. The Morgan fingerprint density at radius 1 is 1.32 bits per heavy atom. The Bertz CT molecular complexity index is 655. The number of aryl methyl sites for hydroxylation is 2. The molecule has 1 aliphatic rings. The smallest absolute Gasteiger partial charge is 0.256 e. The fourth-order valence-corrected chi connectivity index (χ4v) is 4.20. The van der Waals surface area contributed by atoms with E-state index >= 15 is 0 Å². The zero-order valence-electron chi connectivity index (χ0n) is 13.1. The average molecular weight is 318 g/mol. The first kappa shape index (κ1) is 15.3. The third-order valence-electron chi connectivity index (χ3n) is 4.41. The van der Waals surface area contributed by atoms with Crippen molar-refractivity contribution in [2.75, 3.05) is 19.7 Å². The summed E-state index contributed by atoms with van der Waals surface area (Å²) >= 11 is 1.60. The average Bonchev–Trinajstić information content (AvgIpc) is 3.13. The van der Waals surface area contributed by atoms with E-state index in [1.165, 1.54) is 0 Å². The molecule has 22 heavy (non-hydrogen) atoms. The maximum atomic E-state index is 12.9. The summed E-state index contributed by atoms with van der Waals surface area (Å²) in [6, 6.07) is 6.07. The normalized spacial score (nSPS) is 18.7. The van der Waals surface area contributed by atoms with E-state index < -0.39 is 0 Å². The molecule has 2 aromatic rings. The molecular weight excluding hydrogens is 296 g/mol. The van der Waals surface area contributed by atoms with Crippen LogP contribution in [0.5, 0.6) is 0 Å². The molecule has 0 saturated carbocycles. The Kier molecular flexibility index (Phi) is 4.36. The van der Waals surface area contributed by atoms with Crippen LogP contribution in [0.3, 0.4) is 0 Å². The van der Waals surface area contributed by atoms with Crippen LogP contribution in [-0.4, -0.2) is 40.2 Å². The number of amides is 1. The fourth-order valence-electron chi connectivity index (χ4n) is 3.19. The van der Waals surface area contributed by atoms with Crippen LogP contribution in [0.2, 0.25) is 0 Å². The summed E-state index contributed by atoms with van der Waals surface area (Å²) in [5, 5.41) is 12.3. The molecule has 1 amide bonds. The molecule has 1 unspecified atom stereocenters. The van der Waals surface area contributed by atoms with Crippen molar-refractivity contribution in [1.82, 2.24) is 9.47 Å². The van der Waals surface area contributed by atoms with Crippen LogP contribution in [0.15, 0.2) is 23.6 Å². The number of carbonyl (C=O) groups is 1. The Balaban J connectivity index is 1.90. The van der Waals surface area contributed by atoms with Crippen molar-refractivity contribution >= 4 is 17.2 Å². The third-order valence-corrected chi connectivity index (χ3v) is 5.31. The Morgan fingerprint density at radius 2 is 2.05 bits per heavy atom. The fraction of sp³-hybridized carbons (Fsp3) is 0.471. The number of thiophene rings is 1. The molecule has 0 aliphatic carbocycles. The minimum Gasteiger partial charge on any atom is -0.396 e. The van der Waals surface area contributed by atoms with E-state index in [2.05, 4.69) is 30.5 Å². The molecule has 4 nitrogen and oxygen atoms in total. The number of aliphatic hydroxyl groups is 1. The SMILES string of the molecule is Cc1ccc(C)n1-c1sccc1C(=O)N1CCCC(CO)C1. The second kappa shape index (κ2) is 6.26. The van der Waals surface area contributed by atoms with Crippen molar-refractivity contribution in [1.29, 1.82) is 0 Å². The third kappa shape index (κ3) is 2.71. The van der Waals surface area contributed by atoms with E-state index in [1.807, 2.05) is 16.3 Å². The Hall–Kier alpha value is -1.59. The van der Waals surface area contributed by atoms with Gasteiger partial charge >= 0.3 is 0 Å². The largest absolute Gasteiger partial charge is 0.396 e. The monoisotopic (exact) mass is 318 g/mol. The summed E-state index contributed by atoms with van der Waals surface area (Å²) in [6.07, 6.45) is 1.98. The van der Waals surface area contributed by atoms with Gasteiger partial charge in [-0.05, 0) is 56.2 Å². The van der Waals surface area contributed by atoms with Crippen molar-refractivity contribution < 1.29 is 9.90 Å². The highest BCUT2D eigenvalue weighted by atomic mass is 32.1. The van der Waals surface area contributed by atoms with Gasteiger partial charge in [-0.1, -0.05) is 0 Å². The van der Waals surface area contributed by atoms with Crippen LogP contribution >= 0.6 is 11.3 Å². The van der Waals surface area contributed by atoms with Gasteiger partial charge in [-0.3, -0.25) is 4.79 Å². The van der Waals surface area contributed by atoms with Gasteiger partial charge in [0.25, 0.3) is 5.91 Å². The standard InChI is InChI=1S/C17H22N2O2S/c1-12-5-6-13(2)19(12)17-15(7-9-22-17)16(21)18-8-3-4-14(10-18)11-20/h5-7,9,14,20H,3-4,8,10-11H2,1-2H3. The highest BCUT2D eigenvalue weighted by molar-refractivity contribution is 7.13. The number of aliphatic hydroxyl groups excluding tert-OH is 1. The number of hydrogen-bond acceptors (Lipinski definition) is 3. The molecule has 3 rings (SSSR count). The minimum absolute atomic E-state index is 0.0851. The van der Waals surface area contributed by atoms with Crippen LogP contribution in [0.25, 0.3) is 5.00 Å². The summed E-state index contributed by atoms with van der Waals surface area (Å²) in [5.41, 5.74) is 3.05. The van der Waals surface area contributed by atoms with E-state index in [-0.39, 0.29) is 18.4 Å². The first-order chi connectivity index (χ1) is 10.6. The van der Waals surface area contributed by atoms with Crippen LogP contribution in [-0.2, 0) is 0 Å². The predicted octanol–water partition coefficient (Wildman–Crippen LogP) is 3.00. The molecule has 1 N–H and O–H groups in total. The number of likely N-dealkylation sites (tertiary alicyclic amines) is 1. The zero-order valence-corrected chi connectivity index (χ0v) is 13.9. The van der Waals surface area contributed by atoms with E-state index in [9.17, 15) is 9.90 Å². The topological polar surface area (TPSA) is 45.5 Å². The molecule has 3 heterocycles. The van der Waals surface area contributed by atoms with Crippen LogP contribution in [0, 0.1) is 19.8 Å². The number of piperidine rings is 1. The molecular formula is C17H22N2O2S. The van der Waals surface area contributed by atoms with Crippen molar-refractivity contribution in [2.45, 2.75) is 26.7 Å². The van der Waals surface area contributed by atoms with Crippen molar-refractivity contribution in [3.8, 4) is 5.00 Å². The summed E-state index contributed by atoms with van der Waals surface area (Å²) in [4.78, 5) is 14.8. The zero-order chi connectivity index (χ0) is 15.7. The Morgan fingerprint density at radius 3 is 2.73 bits per heavy atom. The van der Waals surface area contributed by atoms with Gasteiger partial charge in [0.2, 0.25) is 0 Å². The highest BCUT2D eigenvalue weighted by Crippen LogP contribution is 2.28. The van der Waals surface area contributed by atoms with Gasteiger partial charge in [0, 0.05) is 31.1 Å². The number of aromatic nitrogens is 1. The van der Waals surface area contributed by atoms with Gasteiger partial charge < -0.3 is 14.6 Å². The van der Waals surface area contributed by atoms with Crippen molar-refractivity contribution in [3.63, 3.8) is 0 Å². The minimum atomic E-state index is 0.0851. The lowest BCUT2D eigenvalue weighted by Gasteiger charge is -2.32. The molecule has 5 heteroatoms. The molecule has 1 saturated heterocycles. The quantitative estimate of drug-likeness (QED) is 0.945. The second-order valence-electron chi connectivity index (χ2n) is 6.03. The second-order valence-corrected chi connectivity index (χ2v) is 6.93. The van der Waals surface area contributed by atoms with Gasteiger partial charge in [-0.25, -0.2) is 0 Å². The van der Waals surface area contributed by atoms with Crippen molar-refractivity contribution in [2.24, 2.45) is 5.92 Å². The summed E-state index contributed by atoms with van der Waals surface area (Å²) in [6.45, 7) is 5.73. The lowest BCUT2D eigenvalue weighted by molar-refractivity contribution is 0.0621. The van der Waals surface area contributed by atoms with E-state index in [1.54, 1.807) is 11.3 Å². The number of carbonyl (C=O) groups excluding carboxylic acids is 1. The maximum absolute atomic E-state index is 12.9. The lowest BCUT2D eigenvalue weighted by atomic mass is 9.98. The van der Waals surface area contributed by atoms with E-state index in [0.29, 0.717) is 6.54 Å². The molecule has 0 aromatic carbocycles. The molecule has 1 aliphatic heterocycles. The summed E-state index contributed by atoms with van der Waals surface area (Å²) in [5.74, 6) is 0.303. The number of hydrogen-bond donors (Lipinski definition) is 1. The highest BCUT2D eigenvalue weighted by Gasteiger charge is 2.26. The molecule has 1 atom stereocenters. The molecule has 2 aromatic heterocycles. The summed E-state index contributed by atoms with van der Waals surface area (Å²) in [7, 11) is 0. The van der Waals surface area contributed by atoms with Gasteiger partial charge in [0.15, 0.2) is 0 Å². The molecule has 0 spiro atoms. The van der Waals surface area contributed by atoms with E-state index in [4.69, 9.17) is 0 Å². The van der Waals surface area contributed by atoms with Crippen molar-refractivity contribution in [3.05, 3.63) is 40.5 Å². The van der Waals surface area contributed by atoms with Gasteiger partial charge in [-0.15, -0.1) is 11.3 Å². The van der Waals surface area contributed by atoms with Crippen LogP contribution < -0.4 is 0 Å². The number of nitrogens with zero attached hydrogens (tertiary/aromatic N) is 2. The lowest BCUT2D eigenvalue weighted by Crippen LogP contribution is -2.41. The molecule has 118 valence electrons. The van der Waals surface area contributed by atoms with Crippen LogP contribution in [0.1, 0.15) is 34.6 Å². The molecule has 0 radical (unpaired) electrons. The number of rotatable bonds is 3. The first-order valence-corrected chi connectivity index (χ1v) is 8.62. The van der Waals surface area contributed by atoms with Gasteiger partial charge in [0.1, 0.15) is 5.00 Å². The van der Waals surface area contributed by atoms with Gasteiger partial charge in [0.05, 0.1) is 5.56 Å². The molecule has 0 bridgehead atoms. The Labute approximate surface area is 135 Å². The predicted molar refractivity (Wildman–Crippen MR) is 88.8 cm³/mol. The first-order valence-electron chi connectivity index (χ1n) is 7.74. The molecule has 1 fully saturated rings. The summed E-state index contributed by atoms with van der Waals surface area (Å²) < 4.78 is 2.14. The van der Waals surface area contributed by atoms with Crippen LogP contribution in [0.4, 0.5) is 0 Å².